The second-order valence-electron chi connectivity index (χ2n) is 8.41. The molecule has 0 saturated heterocycles. The summed E-state index contributed by atoms with van der Waals surface area (Å²) in [6, 6.07) is 26.9. The number of anilines is 1. The first-order valence-corrected chi connectivity index (χ1v) is 13.9. The number of nitrogens with zero attached hydrogens (tertiary/aromatic N) is 3. The van der Waals surface area contributed by atoms with E-state index in [2.05, 4.69) is 23.2 Å². The lowest BCUT2D eigenvalue weighted by molar-refractivity contribution is 0.0997. The molecule has 0 radical (unpaired) electrons. The lowest BCUT2D eigenvalue weighted by atomic mass is 10.1. The highest BCUT2D eigenvalue weighted by Gasteiger charge is 2.21. The van der Waals surface area contributed by atoms with Crippen molar-refractivity contribution in [2.75, 3.05) is 25.1 Å². The lowest BCUT2D eigenvalue weighted by Gasteiger charge is -2.19. The average Bonchev–Trinajstić information content (AvgIpc) is 3.29. The number of rotatable bonds is 7. The maximum absolute atomic E-state index is 13.1. The van der Waals surface area contributed by atoms with Crippen molar-refractivity contribution in [3.8, 4) is 0 Å². The van der Waals surface area contributed by atoms with E-state index in [1.54, 1.807) is 31.4 Å². The third-order valence-electron chi connectivity index (χ3n) is 6.17. The second kappa shape index (κ2) is 10.3. The monoisotopic (exact) mass is 531 g/mol. The number of carbonyl (C=O) groups excluding carboxylic acids is 1. The average molecular weight is 532 g/mol. The largest absolute Gasteiger partial charge is 0.383 e. The van der Waals surface area contributed by atoms with Crippen molar-refractivity contribution in [2.24, 2.45) is 4.99 Å². The quantitative estimate of drug-likeness (QED) is 0.294. The van der Waals surface area contributed by atoms with Gasteiger partial charge in [0.05, 0.1) is 27.4 Å². The van der Waals surface area contributed by atoms with Crippen LogP contribution >= 0.6 is 11.3 Å². The standard InChI is InChI=1S/C28H25N3O4S2/c1-30(22-9-4-3-5-10-22)37(33,34)23-15-12-21(13-16-23)27(32)29-28-31(18-19-35-2)25-17-14-20-8-6-7-11-24(20)26(25)36-28/h3-17H,18-19H2,1-2H3. The Kier molecular flexibility index (Phi) is 6.92. The molecule has 0 atom stereocenters. The van der Waals surface area contributed by atoms with Gasteiger partial charge in [0.2, 0.25) is 0 Å². The molecule has 5 rings (SSSR count). The third kappa shape index (κ3) is 4.81. The highest BCUT2D eigenvalue weighted by atomic mass is 32.2. The number of hydrogen-bond acceptors (Lipinski definition) is 5. The number of methoxy groups -OCH3 is 1. The number of amides is 1. The Morgan fingerprint density at radius 2 is 1.65 bits per heavy atom. The molecule has 0 bridgehead atoms. The molecule has 4 aromatic carbocycles. The number of carbonyl (C=O) groups is 1. The Balaban J connectivity index is 1.51. The van der Waals surface area contributed by atoms with Gasteiger partial charge < -0.3 is 9.30 Å². The second-order valence-corrected chi connectivity index (χ2v) is 11.4. The molecule has 0 spiro atoms. The zero-order valence-electron chi connectivity index (χ0n) is 20.4. The van der Waals surface area contributed by atoms with Crippen LogP contribution in [-0.2, 0) is 21.3 Å². The number of sulfonamides is 1. The Labute approximate surface area is 218 Å². The number of hydrogen-bond donors (Lipinski definition) is 0. The molecule has 1 heterocycles. The van der Waals surface area contributed by atoms with Gasteiger partial charge in [-0.15, -0.1) is 0 Å². The molecule has 0 aliphatic heterocycles. The molecule has 7 nitrogen and oxygen atoms in total. The Morgan fingerprint density at radius 3 is 2.38 bits per heavy atom. The Hall–Kier alpha value is -3.79. The molecular formula is C28H25N3O4S2. The molecule has 1 aromatic heterocycles. The molecule has 1 amide bonds. The summed E-state index contributed by atoms with van der Waals surface area (Å²) in [5.41, 5.74) is 1.84. The molecule has 0 saturated carbocycles. The number of aromatic nitrogens is 1. The van der Waals surface area contributed by atoms with E-state index in [0.29, 0.717) is 29.2 Å². The summed E-state index contributed by atoms with van der Waals surface area (Å²) in [5.74, 6) is -0.442. The molecule has 0 N–H and O–H groups in total. The highest BCUT2D eigenvalue weighted by Crippen LogP contribution is 2.28. The zero-order valence-corrected chi connectivity index (χ0v) is 22.0. The molecule has 0 unspecified atom stereocenters. The predicted octanol–water partition coefficient (Wildman–Crippen LogP) is 5.07. The van der Waals surface area contributed by atoms with Crippen molar-refractivity contribution in [3.05, 3.63) is 101 Å². The van der Waals surface area contributed by atoms with Gasteiger partial charge in [-0.2, -0.15) is 4.99 Å². The highest BCUT2D eigenvalue weighted by molar-refractivity contribution is 7.92. The number of para-hydroxylation sites is 1. The normalized spacial score (nSPS) is 12.3. The SMILES string of the molecule is COCCn1c(=NC(=O)c2ccc(S(=O)(=O)N(C)c3ccccc3)cc2)sc2c3ccccc3ccc21. The summed E-state index contributed by atoms with van der Waals surface area (Å²) in [6.45, 7) is 1.02. The molecule has 37 heavy (non-hydrogen) atoms. The van der Waals surface area contributed by atoms with Crippen molar-refractivity contribution in [2.45, 2.75) is 11.4 Å². The first-order chi connectivity index (χ1) is 17.9. The van der Waals surface area contributed by atoms with Gasteiger partial charge in [-0.25, -0.2) is 8.42 Å². The number of fused-ring (bicyclic) bond motifs is 3. The van der Waals surface area contributed by atoms with Crippen LogP contribution < -0.4 is 9.11 Å². The third-order valence-corrected chi connectivity index (χ3v) is 9.10. The van der Waals surface area contributed by atoms with Crippen LogP contribution in [0.25, 0.3) is 21.0 Å². The number of ether oxygens (including phenoxy) is 1. The summed E-state index contributed by atoms with van der Waals surface area (Å²) in [4.78, 5) is 18.2. The minimum atomic E-state index is -3.77. The van der Waals surface area contributed by atoms with E-state index in [0.717, 1.165) is 21.0 Å². The number of benzene rings is 4. The van der Waals surface area contributed by atoms with Gasteiger partial charge >= 0.3 is 0 Å². The van der Waals surface area contributed by atoms with Gasteiger partial charge in [-0.05, 0) is 47.9 Å². The fraction of sp³-hybridized carbons (Fsp3) is 0.143. The maximum Gasteiger partial charge on any atom is 0.279 e. The topological polar surface area (TPSA) is 81.0 Å². The summed E-state index contributed by atoms with van der Waals surface area (Å²) < 4.78 is 35.7. The van der Waals surface area contributed by atoms with Gasteiger partial charge in [0.15, 0.2) is 4.80 Å². The molecule has 188 valence electrons. The van der Waals surface area contributed by atoms with Crippen molar-refractivity contribution < 1.29 is 17.9 Å². The smallest absolute Gasteiger partial charge is 0.279 e. The van der Waals surface area contributed by atoms with Crippen LogP contribution in [0.4, 0.5) is 5.69 Å². The summed E-state index contributed by atoms with van der Waals surface area (Å²) in [5, 5.41) is 2.22. The van der Waals surface area contributed by atoms with Gasteiger partial charge in [-0.1, -0.05) is 59.9 Å². The van der Waals surface area contributed by atoms with E-state index < -0.39 is 15.9 Å². The Morgan fingerprint density at radius 1 is 0.946 bits per heavy atom. The fourth-order valence-corrected chi connectivity index (χ4v) is 6.52. The first-order valence-electron chi connectivity index (χ1n) is 11.6. The van der Waals surface area contributed by atoms with E-state index in [4.69, 9.17) is 4.74 Å². The van der Waals surface area contributed by atoms with Crippen LogP contribution in [0.2, 0.25) is 0 Å². The predicted molar refractivity (Wildman–Crippen MR) is 148 cm³/mol. The van der Waals surface area contributed by atoms with E-state index >= 15 is 0 Å². The van der Waals surface area contributed by atoms with Crippen LogP contribution in [-0.4, -0.2) is 39.7 Å². The van der Waals surface area contributed by atoms with Gasteiger partial charge in [0.25, 0.3) is 15.9 Å². The van der Waals surface area contributed by atoms with E-state index in [-0.39, 0.29) is 4.90 Å². The summed E-state index contributed by atoms with van der Waals surface area (Å²) in [6.07, 6.45) is 0. The van der Waals surface area contributed by atoms with E-state index in [9.17, 15) is 13.2 Å². The van der Waals surface area contributed by atoms with Gasteiger partial charge in [0, 0.05) is 31.7 Å². The molecule has 0 aliphatic carbocycles. The Bertz CT molecular complexity index is 1760. The zero-order chi connectivity index (χ0) is 26.0. The van der Waals surface area contributed by atoms with Crippen LogP contribution in [0.1, 0.15) is 10.4 Å². The fourth-order valence-electron chi connectivity index (χ4n) is 4.14. The molecular weight excluding hydrogens is 506 g/mol. The van der Waals surface area contributed by atoms with Crippen molar-refractivity contribution >= 4 is 53.9 Å². The summed E-state index contributed by atoms with van der Waals surface area (Å²) in [7, 11) is -0.634. The van der Waals surface area contributed by atoms with Crippen molar-refractivity contribution in [1.82, 2.24) is 4.57 Å². The molecule has 0 aliphatic rings. The van der Waals surface area contributed by atoms with Gasteiger partial charge in [-0.3, -0.25) is 9.10 Å². The van der Waals surface area contributed by atoms with Crippen LogP contribution in [0, 0.1) is 0 Å². The molecule has 9 heteroatoms. The minimum absolute atomic E-state index is 0.0962. The van der Waals surface area contributed by atoms with Crippen molar-refractivity contribution in [1.29, 1.82) is 0 Å². The molecule has 0 fully saturated rings. The van der Waals surface area contributed by atoms with E-state index in [1.807, 2.05) is 28.8 Å². The van der Waals surface area contributed by atoms with E-state index in [1.165, 1.54) is 47.0 Å². The van der Waals surface area contributed by atoms with Crippen LogP contribution in [0.3, 0.4) is 0 Å². The number of thiazole rings is 1. The summed E-state index contributed by atoms with van der Waals surface area (Å²) >= 11 is 1.45. The van der Waals surface area contributed by atoms with Crippen LogP contribution in [0.15, 0.2) is 101 Å². The first kappa shape index (κ1) is 24.9. The van der Waals surface area contributed by atoms with Crippen molar-refractivity contribution in [3.63, 3.8) is 0 Å². The minimum Gasteiger partial charge on any atom is -0.383 e. The lowest BCUT2D eigenvalue weighted by Crippen LogP contribution is -2.26. The van der Waals surface area contributed by atoms with Gasteiger partial charge in [0.1, 0.15) is 0 Å². The molecule has 5 aromatic rings. The maximum atomic E-state index is 13.1. The van der Waals surface area contributed by atoms with Crippen LogP contribution in [0.5, 0.6) is 0 Å².